The maximum absolute atomic E-state index is 13.7. The first-order valence-corrected chi connectivity index (χ1v) is 6.61. The topological polar surface area (TPSA) is 20.2 Å². The summed E-state index contributed by atoms with van der Waals surface area (Å²) in [7, 11) is 0. The number of aliphatic hydroxyl groups is 1. The largest absolute Gasteiger partial charge is 0.388 e. The predicted molar refractivity (Wildman–Crippen MR) is 74.2 cm³/mol. The molecule has 4 heteroatoms. The van der Waals surface area contributed by atoms with Crippen LogP contribution in [0, 0.1) is 5.82 Å². The van der Waals surface area contributed by atoms with E-state index in [1.54, 1.807) is 12.1 Å². The van der Waals surface area contributed by atoms with Gasteiger partial charge in [0.05, 0.1) is 11.1 Å². The van der Waals surface area contributed by atoms with Crippen molar-refractivity contribution in [1.82, 2.24) is 0 Å². The molecule has 0 aliphatic carbocycles. The lowest BCUT2D eigenvalue weighted by atomic mass is 10.0. The SMILES string of the molecule is OC(Cc1ccc(Br)cc1)c1cccc(Cl)c1F. The third-order valence-electron chi connectivity index (χ3n) is 2.68. The van der Waals surface area contributed by atoms with Crippen molar-refractivity contribution < 1.29 is 9.50 Å². The molecule has 0 aliphatic rings. The van der Waals surface area contributed by atoms with E-state index in [0.717, 1.165) is 10.0 Å². The Kier molecular flexibility index (Phi) is 4.38. The molecule has 0 fully saturated rings. The summed E-state index contributed by atoms with van der Waals surface area (Å²) in [5.74, 6) is -0.552. The average molecular weight is 330 g/mol. The molecule has 1 N–H and O–H groups in total. The molecule has 2 aromatic rings. The van der Waals surface area contributed by atoms with E-state index < -0.39 is 11.9 Å². The van der Waals surface area contributed by atoms with Gasteiger partial charge in [-0.3, -0.25) is 0 Å². The van der Waals surface area contributed by atoms with Crippen molar-refractivity contribution in [2.45, 2.75) is 12.5 Å². The molecule has 1 unspecified atom stereocenters. The van der Waals surface area contributed by atoms with Gasteiger partial charge in [-0.2, -0.15) is 0 Å². The molecule has 0 saturated carbocycles. The van der Waals surface area contributed by atoms with Crippen molar-refractivity contribution in [3.05, 3.63) is 68.9 Å². The fourth-order valence-corrected chi connectivity index (χ4v) is 2.18. The van der Waals surface area contributed by atoms with Crippen LogP contribution in [0.5, 0.6) is 0 Å². The zero-order valence-corrected chi connectivity index (χ0v) is 11.7. The zero-order valence-electron chi connectivity index (χ0n) is 9.41. The minimum atomic E-state index is -0.898. The summed E-state index contributed by atoms with van der Waals surface area (Å²) in [6.45, 7) is 0. The smallest absolute Gasteiger partial charge is 0.147 e. The molecular weight excluding hydrogens is 319 g/mol. The Bertz CT molecular complexity index is 542. The van der Waals surface area contributed by atoms with Crippen LogP contribution in [0.25, 0.3) is 0 Å². The van der Waals surface area contributed by atoms with E-state index in [4.69, 9.17) is 11.6 Å². The predicted octanol–water partition coefficient (Wildman–Crippen LogP) is 4.52. The first-order valence-electron chi connectivity index (χ1n) is 5.44. The van der Waals surface area contributed by atoms with Crippen LogP contribution < -0.4 is 0 Å². The molecule has 2 aromatic carbocycles. The first kappa shape index (κ1) is 13.5. The van der Waals surface area contributed by atoms with Crippen LogP contribution in [-0.2, 0) is 6.42 Å². The van der Waals surface area contributed by atoms with Gasteiger partial charge < -0.3 is 5.11 Å². The summed E-state index contributed by atoms with van der Waals surface area (Å²) in [6.07, 6.45) is -0.547. The van der Waals surface area contributed by atoms with Crippen molar-refractivity contribution in [3.8, 4) is 0 Å². The monoisotopic (exact) mass is 328 g/mol. The molecule has 0 bridgehead atoms. The Labute approximate surface area is 118 Å². The summed E-state index contributed by atoms with van der Waals surface area (Å²) < 4.78 is 14.7. The lowest BCUT2D eigenvalue weighted by molar-refractivity contribution is 0.173. The van der Waals surface area contributed by atoms with Crippen LogP contribution in [0.3, 0.4) is 0 Å². The van der Waals surface area contributed by atoms with Gasteiger partial charge in [-0.1, -0.05) is 51.8 Å². The molecule has 0 heterocycles. The Morgan fingerprint density at radius 2 is 1.83 bits per heavy atom. The Balaban J connectivity index is 2.19. The minimum absolute atomic E-state index is 0.0300. The molecular formula is C14H11BrClFO. The molecule has 1 nitrogen and oxygen atoms in total. The molecule has 0 radical (unpaired) electrons. The highest BCUT2D eigenvalue weighted by Gasteiger charge is 2.15. The second kappa shape index (κ2) is 5.83. The van der Waals surface area contributed by atoms with Crippen molar-refractivity contribution in [1.29, 1.82) is 0 Å². The van der Waals surface area contributed by atoms with Crippen LogP contribution in [0.2, 0.25) is 5.02 Å². The van der Waals surface area contributed by atoms with E-state index in [1.807, 2.05) is 24.3 Å². The number of halogens is 3. The molecule has 0 spiro atoms. The van der Waals surface area contributed by atoms with E-state index in [1.165, 1.54) is 6.07 Å². The molecule has 18 heavy (non-hydrogen) atoms. The van der Waals surface area contributed by atoms with Gasteiger partial charge in [0.25, 0.3) is 0 Å². The molecule has 94 valence electrons. The average Bonchev–Trinajstić information content (AvgIpc) is 2.35. The summed E-state index contributed by atoms with van der Waals surface area (Å²) >= 11 is 9.03. The third-order valence-corrected chi connectivity index (χ3v) is 3.50. The van der Waals surface area contributed by atoms with E-state index in [-0.39, 0.29) is 10.6 Å². The highest BCUT2D eigenvalue weighted by atomic mass is 79.9. The fraction of sp³-hybridized carbons (Fsp3) is 0.143. The third kappa shape index (κ3) is 3.10. The Morgan fingerprint density at radius 1 is 1.17 bits per heavy atom. The van der Waals surface area contributed by atoms with Gasteiger partial charge >= 0.3 is 0 Å². The molecule has 1 atom stereocenters. The Hall–Kier alpha value is -0.900. The summed E-state index contributed by atoms with van der Waals surface area (Å²) in [4.78, 5) is 0. The zero-order chi connectivity index (χ0) is 13.1. The summed E-state index contributed by atoms with van der Waals surface area (Å²) in [6, 6.07) is 12.2. The van der Waals surface area contributed by atoms with Gasteiger partial charge in [-0.15, -0.1) is 0 Å². The Morgan fingerprint density at radius 3 is 2.50 bits per heavy atom. The van der Waals surface area contributed by atoms with E-state index in [0.29, 0.717) is 6.42 Å². The van der Waals surface area contributed by atoms with E-state index in [9.17, 15) is 9.50 Å². The fourth-order valence-electron chi connectivity index (χ4n) is 1.73. The maximum atomic E-state index is 13.7. The molecule has 0 aliphatic heterocycles. The van der Waals surface area contributed by atoms with E-state index >= 15 is 0 Å². The molecule has 0 aromatic heterocycles. The van der Waals surface area contributed by atoms with Crippen LogP contribution in [0.4, 0.5) is 4.39 Å². The van der Waals surface area contributed by atoms with Crippen LogP contribution in [0.15, 0.2) is 46.9 Å². The van der Waals surface area contributed by atoms with Gasteiger partial charge in [0.2, 0.25) is 0 Å². The number of aliphatic hydroxyl groups excluding tert-OH is 1. The number of hydrogen-bond donors (Lipinski definition) is 1. The standard InChI is InChI=1S/C14H11BrClFO/c15-10-6-4-9(5-7-10)8-13(18)11-2-1-3-12(16)14(11)17/h1-7,13,18H,8H2. The summed E-state index contributed by atoms with van der Waals surface area (Å²) in [5, 5.41) is 10.1. The van der Waals surface area contributed by atoms with E-state index in [2.05, 4.69) is 15.9 Å². The number of benzene rings is 2. The van der Waals surface area contributed by atoms with Gasteiger partial charge in [-0.25, -0.2) is 4.39 Å². The lowest BCUT2D eigenvalue weighted by Crippen LogP contribution is -2.04. The molecule has 0 amide bonds. The van der Waals surface area contributed by atoms with Crippen LogP contribution in [-0.4, -0.2) is 5.11 Å². The van der Waals surface area contributed by atoms with Crippen LogP contribution in [0.1, 0.15) is 17.2 Å². The van der Waals surface area contributed by atoms with Gasteiger partial charge in [0.1, 0.15) is 5.82 Å². The van der Waals surface area contributed by atoms with Gasteiger partial charge in [0, 0.05) is 16.5 Å². The number of rotatable bonds is 3. The maximum Gasteiger partial charge on any atom is 0.147 e. The normalized spacial score (nSPS) is 12.4. The highest BCUT2D eigenvalue weighted by molar-refractivity contribution is 9.10. The van der Waals surface area contributed by atoms with Crippen molar-refractivity contribution in [2.24, 2.45) is 0 Å². The van der Waals surface area contributed by atoms with Gasteiger partial charge in [0.15, 0.2) is 0 Å². The van der Waals surface area contributed by atoms with Gasteiger partial charge in [-0.05, 0) is 23.8 Å². The second-order valence-electron chi connectivity index (χ2n) is 3.99. The quantitative estimate of drug-likeness (QED) is 0.878. The lowest BCUT2D eigenvalue weighted by Gasteiger charge is -2.12. The second-order valence-corrected chi connectivity index (χ2v) is 5.31. The summed E-state index contributed by atoms with van der Waals surface area (Å²) in [5.41, 5.74) is 1.16. The van der Waals surface area contributed by atoms with Crippen molar-refractivity contribution in [2.75, 3.05) is 0 Å². The molecule has 2 rings (SSSR count). The first-order chi connectivity index (χ1) is 8.58. The number of hydrogen-bond acceptors (Lipinski definition) is 1. The minimum Gasteiger partial charge on any atom is -0.388 e. The highest BCUT2D eigenvalue weighted by Crippen LogP contribution is 2.26. The van der Waals surface area contributed by atoms with Crippen molar-refractivity contribution >= 4 is 27.5 Å². The van der Waals surface area contributed by atoms with Crippen LogP contribution >= 0.6 is 27.5 Å². The molecule has 0 saturated heterocycles. The van der Waals surface area contributed by atoms with Crippen molar-refractivity contribution in [3.63, 3.8) is 0 Å².